The van der Waals surface area contributed by atoms with Crippen molar-refractivity contribution in [3.63, 3.8) is 0 Å². The van der Waals surface area contributed by atoms with Crippen molar-refractivity contribution in [3.8, 4) is 0 Å². The molecule has 1 N–H and O–H groups in total. The minimum atomic E-state index is -0.510. The van der Waals surface area contributed by atoms with E-state index in [1.165, 1.54) is 0 Å². The van der Waals surface area contributed by atoms with Crippen LogP contribution in [-0.4, -0.2) is 48.0 Å². The third-order valence-corrected chi connectivity index (χ3v) is 5.92. The Labute approximate surface area is 142 Å². The van der Waals surface area contributed by atoms with Crippen LogP contribution >= 0.6 is 23.5 Å². The fourth-order valence-corrected chi connectivity index (χ4v) is 4.31. The fourth-order valence-electron chi connectivity index (χ4n) is 2.82. The Morgan fingerprint density at radius 2 is 1.95 bits per heavy atom. The molecule has 1 aliphatic carbocycles. The standard InChI is InChI=1S/C16H29NO3S2/c1-4-20-14(18)13(8-11-21-3)17-15(19)16(12-22-5-2)9-6-7-10-16/h13H,4-12H2,1-3H3,(H,17,19)/t13-/m0/s1. The van der Waals surface area contributed by atoms with E-state index in [0.29, 0.717) is 13.0 Å². The average Bonchev–Trinajstić information content (AvgIpc) is 2.99. The van der Waals surface area contributed by atoms with Crippen LogP contribution in [0.25, 0.3) is 0 Å². The van der Waals surface area contributed by atoms with Crippen LogP contribution in [0.4, 0.5) is 0 Å². The number of carbonyl (C=O) groups is 2. The molecule has 0 aromatic carbocycles. The third kappa shape index (κ3) is 5.69. The first-order chi connectivity index (χ1) is 10.6. The van der Waals surface area contributed by atoms with Crippen LogP contribution in [0.3, 0.4) is 0 Å². The number of ether oxygens (including phenoxy) is 1. The molecule has 0 aromatic rings. The van der Waals surface area contributed by atoms with E-state index in [1.807, 2.05) is 18.0 Å². The maximum absolute atomic E-state index is 12.8. The predicted molar refractivity (Wildman–Crippen MR) is 95.5 cm³/mol. The van der Waals surface area contributed by atoms with Crippen LogP contribution in [0, 0.1) is 5.41 Å². The number of hydrogen-bond acceptors (Lipinski definition) is 5. The Morgan fingerprint density at radius 3 is 2.50 bits per heavy atom. The highest BCUT2D eigenvalue weighted by Crippen LogP contribution is 2.41. The molecular weight excluding hydrogens is 318 g/mol. The second-order valence-electron chi connectivity index (χ2n) is 5.68. The molecule has 0 aliphatic heterocycles. The Balaban J connectivity index is 2.71. The highest BCUT2D eigenvalue weighted by Gasteiger charge is 2.42. The number of nitrogens with one attached hydrogen (secondary N) is 1. The molecule has 0 saturated heterocycles. The van der Waals surface area contributed by atoms with Crippen LogP contribution in [0.5, 0.6) is 0 Å². The normalized spacial score (nSPS) is 18.0. The van der Waals surface area contributed by atoms with Crippen molar-refractivity contribution in [1.29, 1.82) is 0 Å². The second-order valence-corrected chi connectivity index (χ2v) is 7.94. The SMILES string of the molecule is CCOC(=O)[C@H](CCSC)NC(=O)C1(CSCC)CCCC1. The van der Waals surface area contributed by atoms with Gasteiger partial charge in [0.15, 0.2) is 0 Å². The molecule has 128 valence electrons. The van der Waals surface area contributed by atoms with Gasteiger partial charge in [0.05, 0.1) is 12.0 Å². The topological polar surface area (TPSA) is 55.4 Å². The molecule has 1 saturated carbocycles. The predicted octanol–water partition coefficient (Wildman–Crippen LogP) is 3.10. The van der Waals surface area contributed by atoms with Crippen molar-refractivity contribution in [2.24, 2.45) is 5.41 Å². The van der Waals surface area contributed by atoms with E-state index in [-0.39, 0.29) is 17.3 Å². The van der Waals surface area contributed by atoms with Crippen molar-refractivity contribution in [1.82, 2.24) is 5.32 Å². The summed E-state index contributed by atoms with van der Waals surface area (Å²) in [5.41, 5.74) is -0.287. The van der Waals surface area contributed by atoms with Gasteiger partial charge in [-0.2, -0.15) is 23.5 Å². The lowest BCUT2D eigenvalue weighted by Crippen LogP contribution is -2.49. The van der Waals surface area contributed by atoms with Crippen LogP contribution in [0.2, 0.25) is 0 Å². The first-order valence-electron chi connectivity index (χ1n) is 8.14. The van der Waals surface area contributed by atoms with E-state index in [4.69, 9.17) is 4.74 Å². The maximum Gasteiger partial charge on any atom is 0.328 e. The first kappa shape index (κ1) is 19.7. The van der Waals surface area contributed by atoms with E-state index in [1.54, 1.807) is 18.7 Å². The summed E-state index contributed by atoms with van der Waals surface area (Å²) in [4.78, 5) is 24.9. The largest absolute Gasteiger partial charge is 0.464 e. The number of hydrogen-bond donors (Lipinski definition) is 1. The van der Waals surface area contributed by atoms with Crippen molar-refractivity contribution < 1.29 is 14.3 Å². The lowest BCUT2D eigenvalue weighted by atomic mass is 9.87. The smallest absolute Gasteiger partial charge is 0.328 e. The molecule has 0 unspecified atom stereocenters. The zero-order valence-electron chi connectivity index (χ0n) is 14.0. The van der Waals surface area contributed by atoms with Crippen molar-refractivity contribution in [2.75, 3.05) is 30.1 Å². The van der Waals surface area contributed by atoms with Gasteiger partial charge in [-0.1, -0.05) is 19.8 Å². The summed E-state index contributed by atoms with van der Waals surface area (Å²) >= 11 is 3.49. The van der Waals surface area contributed by atoms with Crippen LogP contribution in [0.15, 0.2) is 0 Å². The number of carbonyl (C=O) groups excluding carboxylic acids is 2. The van der Waals surface area contributed by atoms with Crippen molar-refractivity contribution in [2.45, 2.75) is 52.0 Å². The molecule has 0 bridgehead atoms. The molecular formula is C16H29NO3S2. The maximum atomic E-state index is 12.8. The molecule has 1 amide bonds. The van der Waals surface area contributed by atoms with Gasteiger partial charge < -0.3 is 10.1 Å². The van der Waals surface area contributed by atoms with Gasteiger partial charge in [0.2, 0.25) is 5.91 Å². The zero-order valence-corrected chi connectivity index (χ0v) is 15.6. The van der Waals surface area contributed by atoms with Crippen molar-refractivity contribution in [3.05, 3.63) is 0 Å². The van der Waals surface area contributed by atoms with Gasteiger partial charge in [0.25, 0.3) is 0 Å². The summed E-state index contributed by atoms with van der Waals surface area (Å²) in [6.07, 6.45) is 6.70. The van der Waals surface area contributed by atoms with E-state index >= 15 is 0 Å². The molecule has 0 spiro atoms. The molecule has 1 fully saturated rings. The summed E-state index contributed by atoms with van der Waals surface area (Å²) in [6, 6.07) is -0.510. The number of rotatable bonds is 10. The van der Waals surface area contributed by atoms with Crippen molar-refractivity contribution >= 4 is 35.4 Å². The summed E-state index contributed by atoms with van der Waals surface area (Å²) in [5, 5.41) is 2.99. The second kappa shape index (κ2) is 10.4. The zero-order chi connectivity index (χ0) is 16.4. The first-order valence-corrected chi connectivity index (χ1v) is 10.7. The molecule has 0 radical (unpaired) electrons. The molecule has 0 heterocycles. The third-order valence-electron chi connectivity index (χ3n) is 4.11. The average molecular weight is 348 g/mol. The van der Waals surface area contributed by atoms with E-state index in [0.717, 1.165) is 42.9 Å². The van der Waals surface area contributed by atoms with Crippen LogP contribution in [0.1, 0.15) is 46.0 Å². The lowest BCUT2D eigenvalue weighted by molar-refractivity contribution is -0.148. The highest BCUT2D eigenvalue weighted by atomic mass is 32.2. The van der Waals surface area contributed by atoms with Gasteiger partial charge in [0, 0.05) is 5.75 Å². The van der Waals surface area contributed by atoms with Gasteiger partial charge in [-0.15, -0.1) is 0 Å². The highest BCUT2D eigenvalue weighted by molar-refractivity contribution is 7.99. The molecule has 1 rings (SSSR count). The molecule has 1 aliphatic rings. The quantitative estimate of drug-likeness (QED) is 0.615. The number of thioether (sulfide) groups is 2. The van der Waals surface area contributed by atoms with Gasteiger partial charge in [-0.3, -0.25) is 4.79 Å². The summed E-state index contributed by atoms with van der Waals surface area (Å²) in [7, 11) is 0. The number of esters is 1. The molecule has 0 aromatic heterocycles. The summed E-state index contributed by atoms with van der Waals surface area (Å²) < 4.78 is 5.11. The summed E-state index contributed by atoms with van der Waals surface area (Å²) in [5.74, 6) is 2.45. The summed E-state index contributed by atoms with van der Waals surface area (Å²) in [6.45, 7) is 4.26. The van der Waals surface area contributed by atoms with E-state index in [9.17, 15) is 9.59 Å². The lowest BCUT2D eigenvalue weighted by Gasteiger charge is -2.29. The van der Waals surface area contributed by atoms with Crippen LogP contribution in [-0.2, 0) is 14.3 Å². The molecule has 1 atom stereocenters. The van der Waals surface area contributed by atoms with Crippen LogP contribution < -0.4 is 5.32 Å². The molecule has 4 nitrogen and oxygen atoms in total. The Bertz CT molecular complexity index is 357. The Morgan fingerprint density at radius 1 is 1.27 bits per heavy atom. The molecule has 6 heteroatoms. The minimum Gasteiger partial charge on any atom is -0.464 e. The van der Waals surface area contributed by atoms with Gasteiger partial charge in [-0.05, 0) is 43.9 Å². The van der Waals surface area contributed by atoms with Gasteiger partial charge >= 0.3 is 5.97 Å². The monoisotopic (exact) mass is 347 g/mol. The number of amides is 1. The van der Waals surface area contributed by atoms with E-state index < -0.39 is 6.04 Å². The Hall–Kier alpha value is -0.360. The van der Waals surface area contributed by atoms with Gasteiger partial charge in [-0.25, -0.2) is 4.79 Å². The Kier molecular flexibility index (Phi) is 9.33. The van der Waals surface area contributed by atoms with Gasteiger partial charge in [0.1, 0.15) is 6.04 Å². The van der Waals surface area contributed by atoms with E-state index in [2.05, 4.69) is 12.2 Å². The molecule has 22 heavy (non-hydrogen) atoms. The minimum absolute atomic E-state index is 0.0464. The fraction of sp³-hybridized carbons (Fsp3) is 0.875.